The zero-order valence-electron chi connectivity index (χ0n) is 18.7. The standard InChI is InChI=1S/C21H18F4I2O8S/c1-4-21(2,3)20(29)34-6-5-33-16-10(26)7-9(8-11(16)27)19(28)35-17-12(22)14(24)18(36(30,31)32)15(25)13(17)23/h7-8H,4-6H2,1-3H3,(H,30,31,32)/p-1. The molecule has 0 unspecified atom stereocenters. The molecule has 0 saturated heterocycles. The van der Waals surface area contributed by atoms with E-state index in [9.17, 15) is 40.1 Å². The smallest absolute Gasteiger partial charge is 0.343 e. The van der Waals surface area contributed by atoms with Crippen LogP contribution in [0.25, 0.3) is 0 Å². The quantitative estimate of drug-likeness (QED) is 0.0672. The molecule has 2 aromatic carbocycles. The molecule has 2 rings (SSSR count). The number of hydrogen-bond donors (Lipinski definition) is 0. The van der Waals surface area contributed by atoms with Crippen molar-refractivity contribution in [3.8, 4) is 11.5 Å². The maximum absolute atomic E-state index is 14.1. The Balaban J connectivity index is 2.21. The number of esters is 2. The Kier molecular flexibility index (Phi) is 9.96. The normalized spacial score (nSPS) is 11.8. The molecule has 198 valence electrons. The summed E-state index contributed by atoms with van der Waals surface area (Å²) >= 11 is 3.56. The average Bonchev–Trinajstić information content (AvgIpc) is 2.78. The zero-order chi connectivity index (χ0) is 27.6. The van der Waals surface area contributed by atoms with Gasteiger partial charge in [-0.05, 0) is 77.6 Å². The third-order valence-electron chi connectivity index (χ3n) is 4.86. The minimum absolute atomic E-state index is 0.0225. The highest BCUT2D eigenvalue weighted by Gasteiger charge is 2.32. The summed E-state index contributed by atoms with van der Waals surface area (Å²) in [5, 5.41) is 0. The van der Waals surface area contributed by atoms with Crippen molar-refractivity contribution < 1.29 is 54.3 Å². The van der Waals surface area contributed by atoms with Crippen molar-refractivity contribution in [1.82, 2.24) is 0 Å². The molecule has 0 atom stereocenters. The van der Waals surface area contributed by atoms with Crippen LogP contribution in [0.15, 0.2) is 17.0 Å². The molecule has 0 amide bonds. The fraction of sp³-hybridized carbons (Fsp3) is 0.333. The second-order valence-corrected chi connectivity index (χ2v) is 11.4. The van der Waals surface area contributed by atoms with Gasteiger partial charge in [0.2, 0.25) is 17.4 Å². The molecule has 0 N–H and O–H groups in total. The highest BCUT2D eigenvalue weighted by molar-refractivity contribution is 14.1. The molecule has 8 nitrogen and oxygen atoms in total. The van der Waals surface area contributed by atoms with E-state index >= 15 is 0 Å². The summed E-state index contributed by atoms with van der Waals surface area (Å²) in [6.45, 7) is 5.24. The predicted octanol–water partition coefficient (Wildman–Crippen LogP) is 4.93. The van der Waals surface area contributed by atoms with Crippen molar-refractivity contribution in [2.45, 2.75) is 32.1 Å². The number of halogens is 6. The number of rotatable bonds is 9. The van der Waals surface area contributed by atoms with Crippen LogP contribution in [0.5, 0.6) is 11.5 Å². The van der Waals surface area contributed by atoms with E-state index in [0.717, 1.165) is 0 Å². The summed E-state index contributed by atoms with van der Waals surface area (Å²) in [5.74, 6) is -13.2. The highest BCUT2D eigenvalue weighted by Crippen LogP contribution is 2.34. The lowest BCUT2D eigenvalue weighted by molar-refractivity contribution is -0.154. The van der Waals surface area contributed by atoms with Crippen molar-refractivity contribution in [3.05, 3.63) is 48.1 Å². The van der Waals surface area contributed by atoms with Gasteiger partial charge in [-0.1, -0.05) is 6.92 Å². The Hall–Kier alpha value is -1.73. The van der Waals surface area contributed by atoms with Gasteiger partial charge in [0.1, 0.15) is 34.0 Å². The fourth-order valence-corrected chi connectivity index (χ4v) is 5.18. The first-order valence-electron chi connectivity index (χ1n) is 9.86. The zero-order valence-corrected chi connectivity index (χ0v) is 23.8. The fourth-order valence-electron chi connectivity index (χ4n) is 2.49. The van der Waals surface area contributed by atoms with Gasteiger partial charge >= 0.3 is 11.9 Å². The second kappa shape index (κ2) is 11.8. The van der Waals surface area contributed by atoms with Gasteiger partial charge < -0.3 is 18.8 Å². The molecule has 0 fully saturated rings. The largest absolute Gasteiger partial charge is 0.744 e. The monoisotopic (exact) mass is 759 g/mol. The summed E-state index contributed by atoms with van der Waals surface area (Å²) in [7, 11) is -5.91. The molecule has 0 bridgehead atoms. The molecule has 2 aromatic rings. The lowest BCUT2D eigenvalue weighted by Gasteiger charge is -2.20. The molecule has 0 aliphatic heterocycles. The van der Waals surface area contributed by atoms with Crippen LogP contribution in [-0.4, -0.2) is 38.1 Å². The van der Waals surface area contributed by atoms with E-state index in [1.807, 2.05) is 6.92 Å². The molecular weight excluding hydrogens is 742 g/mol. The van der Waals surface area contributed by atoms with E-state index < -0.39 is 61.4 Å². The van der Waals surface area contributed by atoms with Gasteiger partial charge in [0, 0.05) is 0 Å². The molecular formula is C21H17F4I2O8S-. The Morgan fingerprint density at radius 3 is 1.89 bits per heavy atom. The number of carbonyl (C=O) groups is 2. The predicted molar refractivity (Wildman–Crippen MR) is 132 cm³/mol. The van der Waals surface area contributed by atoms with E-state index in [0.29, 0.717) is 13.6 Å². The van der Waals surface area contributed by atoms with Crippen LogP contribution in [0.2, 0.25) is 0 Å². The number of benzene rings is 2. The lowest BCUT2D eigenvalue weighted by atomic mass is 9.91. The SMILES string of the molecule is CCC(C)(C)C(=O)OCCOc1c(I)cc(C(=O)Oc2c(F)c(F)c(S(=O)(=O)[O-])c(F)c2F)cc1I. The first-order chi connectivity index (χ1) is 16.5. The van der Waals surface area contributed by atoms with E-state index in [1.165, 1.54) is 12.1 Å². The summed E-state index contributed by atoms with van der Waals surface area (Å²) in [5.41, 5.74) is -0.952. The maximum atomic E-state index is 14.1. The molecule has 0 heterocycles. The molecule has 0 radical (unpaired) electrons. The lowest BCUT2D eigenvalue weighted by Crippen LogP contribution is -2.27. The molecule has 0 spiro atoms. The van der Waals surface area contributed by atoms with E-state index in [-0.39, 0.29) is 24.5 Å². The van der Waals surface area contributed by atoms with Crippen molar-refractivity contribution in [3.63, 3.8) is 0 Å². The molecule has 0 saturated carbocycles. The van der Waals surface area contributed by atoms with Gasteiger partial charge in [-0.2, -0.15) is 8.78 Å². The Bertz CT molecular complexity index is 1260. The van der Waals surface area contributed by atoms with Crippen LogP contribution in [0.3, 0.4) is 0 Å². The van der Waals surface area contributed by atoms with Crippen LogP contribution >= 0.6 is 45.2 Å². The third-order valence-corrected chi connectivity index (χ3v) is 7.32. The number of hydrogen-bond acceptors (Lipinski definition) is 8. The topological polar surface area (TPSA) is 119 Å². The highest BCUT2D eigenvalue weighted by atomic mass is 127. The summed E-state index contributed by atoms with van der Waals surface area (Å²) in [4.78, 5) is 22.0. The van der Waals surface area contributed by atoms with Crippen molar-refractivity contribution in [2.24, 2.45) is 5.41 Å². The second-order valence-electron chi connectivity index (χ2n) is 7.75. The van der Waals surface area contributed by atoms with Crippen LogP contribution in [0.1, 0.15) is 37.6 Å². The van der Waals surface area contributed by atoms with Gasteiger partial charge in [-0.15, -0.1) is 0 Å². The number of ether oxygens (including phenoxy) is 3. The van der Waals surface area contributed by atoms with E-state index in [1.54, 1.807) is 59.0 Å². The van der Waals surface area contributed by atoms with Crippen molar-refractivity contribution in [2.75, 3.05) is 13.2 Å². The number of carbonyl (C=O) groups excluding carboxylic acids is 2. The minimum atomic E-state index is -5.91. The molecule has 0 aliphatic rings. The van der Waals surface area contributed by atoms with Gasteiger partial charge in [0.25, 0.3) is 0 Å². The van der Waals surface area contributed by atoms with Gasteiger partial charge in [0.15, 0.2) is 11.6 Å². The van der Waals surface area contributed by atoms with Gasteiger partial charge in [0.05, 0.1) is 18.1 Å². The first kappa shape index (κ1) is 30.5. The Morgan fingerprint density at radius 2 is 1.44 bits per heavy atom. The van der Waals surface area contributed by atoms with E-state index in [4.69, 9.17) is 9.47 Å². The van der Waals surface area contributed by atoms with Crippen LogP contribution in [0, 0.1) is 35.8 Å². The Labute approximate surface area is 230 Å². The minimum Gasteiger partial charge on any atom is -0.744 e. The van der Waals surface area contributed by atoms with Gasteiger partial charge in [-0.25, -0.2) is 22.0 Å². The van der Waals surface area contributed by atoms with E-state index in [2.05, 4.69) is 4.74 Å². The molecule has 0 aliphatic carbocycles. The van der Waals surface area contributed by atoms with Crippen LogP contribution in [0.4, 0.5) is 17.6 Å². The summed E-state index contributed by atoms with van der Waals surface area (Å²) in [6.07, 6.45) is 0.578. The summed E-state index contributed by atoms with van der Waals surface area (Å²) < 4.78 is 105. The average molecular weight is 759 g/mol. The summed E-state index contributed by atoms with van der Waals surface area (Å²) in [6, 6.07) is 2.37. The Morgan fingerprint density at radius 1 is 0.944 bits per heavy atom. The van der Waals surface area contributed by atoms with Crippen LogP contribution in [-0.2, 0) is 19.6 Å². The molecule has 36 heavy (non-hydrogen) atoms. The maximum Gasteiger partial charge on any atom is 0.343 e. The van der Waals surface area contributed by atoms with Crippen molar-refractivity contribution >= 4 is 67.2 Å². The molecule has 0 aromatic heterocycles. The first-order valence-corrected chi connectivity index (χ1v) is 13.4. The van der Waals surface area contributed by atoms with Gasteiger partial charge in [-0.3, -0.25) is 4.79 Å². The van der Waals surface area contributed by atoms with Crippen LogP contribution < -0.4 is 9.47 Å². The van der Waals surface area contributed by atoms with Crippen molar-refractivity contribution in [1.29, 1.82) is 0 Å². The molecule has 15 heteroatoms. The third kappa shape index (κ3) is 6.77.